The lowest BCUT2D eigenvalue weighted by Crippen LogP contribution is -2.40. The molecule has 1 saturated heterocycles. The minimum Gasteiger partial charge on any atom is -0.364 e. The maximum Gasteiger partial charge on any atom is 0.202 e. The summed E-state index contributed by atoms with van der Waals surface area (Å²) in [6.07, 6.45) is 1.33. The summed E-state index contributed by atoms with van der Waals surface area (Å²) in [5.41, 5.74) is 3.90. The fourth-order valence-corrected chi connectivity index (χ4v) is 4.42. The van der Waals surface area contributed by atoms with Crippen molar-refractivity contribution in [3.63, 3.8) is 0 Å². The normalized spacial score (nSPS) is 27.2. The summed E-state index contributed by atoms with van der Waals surface area (Å²) in [7, 11) is -2.54. The van der Waals surface area contributed by atoms with E-state index < -0.39 is 9.73 Å². The number of aliphatic imine (C=N–C) groups is 1. The summed E-state index contributed by atoms with van der Waals surface area (Å²) in [6, 6.07) is 4.23. The average Bonchev–Trinajstić information content (AvgIpc) is 3.05. The molecule has 1 fully saturated rings. The maximum absolute atomic E-state index is 13.4. The highest BCUT2D eigenvalue weighted by Crippen LogP contribution is 2.37. The van der Waals surface area contributed by atoms with Crippen LogP contribution in [-0.4, -0.2) is 43.1 Å². The van der Waals surface area contributed by atoms with Gasteiger partial charge < -0.3 is 5.32 Å². The van der Waals surface area contributed by atoms with Crippen molar-refractivity contribution in [2.24, 2.45) is 4.99 Å². The van der Waals surface area contributed by atoms with Crippen LogP contribution in [0.3, 0.4) is 0 Å². The summed E-state index contributed by atoms with van der Waals surface area (Å²) < 4.78 is 37.6. The minimum atomic E-state index is -2.54. The lowest BCUT2D eigenvalue weighted by atomic mass is 9.83. The van der Waals surface area contributed by atoms with Crippen LogP contribution in [0.4, 0.5) is 10.2 Å². The Labute approximate surface area is 148 Å². The van der Waals surface area contributed by atoms with E-state index >= 15 is 0 Å². The quantitative estimate of drug-likeness (QED) is 0.350. The highest BCUT2D eigenvalue weighted by Gasteiger charge is 2.32. The van der Waals surface area contributed by atoms with Gasteiger partial charge >= 0.3 is 0 Å². The molecule has 2 aliphatic rings. The molecule has 0 spiro atoms. The van der Waals surface area contributed by atoms with Gasteiger partial charge in [-0.1, -0.05) is 6.07 Å². The van der Waals surface area contributed by atoms with E-state index in [1.54, 1.807) is 6.07 Å². The van der Waals surface area contributed by atoms with Crippen LogP contribution in [0.15, 0.2) is 27.8 Å². The van der Waals surface area contributed by atoms with Crippen LogP contribution in [0.2, 0.25) is 0 Å². The zero-order valence-electron chi connectivity index (χ0n) is 13.6. The third-order valence-electron chi connectivity index (χ3n) is 4.76. The van der Waals surface area contributed by atoms with Crippen LogP contribution in [0.5, 0.6) is 0 Å². The van der Waals surface area contributed by atoms with Crippen LogP contribution in [-0.2, 0) is 16.1 Å². The second-order valence-electron chi connectivity index (χ2n) is 6.34. The van der Waals surface area contributed by atoms with Gasteiger partial charge in [0.2, 0.25) is 5.82 Å². The SMILES string of the molecule is N=S1(=O)CCC1CNc1nonc1C(=N[C@H]1Cc2ccc(F)cc21)NO. The van der Waals surface area contributed by atoms with Crippen molar-refractivity contribution in [2.45, 2.75) is 24.1 Å². The van der Waals surface area contributed by atoms with E-state index in [0.29, 0.717) is 25.1 Å². The van der Waals surface area contributed by atoms with E-state index in [1.165, 1.54) is 12.1 Å². The van der Waals surface area contributed by atoms with Crippen molar-refractivity contribution in [3.05, 3.63) is 40.8 Å². The van der Waals surface area contributed by atoms with Crippen LogP contribution < -0.4 is 10.8 Å². The van der Waals surface area contributed by atoms with Gasteiger partial charge in [0.05, 0.1) is 11.3 Å². The first-order chi connectivity index (χ1) is 12.5. The molecular formula is C15H17FN6O3S. The number of halogens is 1. The lowest BCUT2D eigenvalue weighted by molar-refractivity contribution is 0.232. The Hall–Kier alpha value is -2.53. The number of hydroxylamine groups is 1. The smallest absolute Gasteiger partial charge is 0.202 e. The molecule has 0 bridgehead atoms. The largest absolute Gasteiger partial charge is 0.364 e. The van der Waals surface area contributed by atoms with Crippen LogP contribution in [0.1, 0.15) is 29.3 Å². The third kappa shape index (κ3) is 2.92. The fourth-order valence-electron chi connectivity index (χ4n) is 3.07. The topological polar surface area (TPSA) is 136 Å². The highest BCUT2D eigenvalue weighted by atomic mass is 32.2. The molecule has 2 heterocycles. The summed E-state index contributed by atoms with van der Waals surface area (Å²) >= 11 is 0. The highest BCUT2D eigenvalue weighted by molar-refractivity contribution is 7.94. The number of anilines is 1. The first-order valence-corrected chi connectivity index (χ1v) is 9.85. The zero-order chi connectivity index (χ0) is 18.3. The van der Waals surface area contributed by atoms with Crippen LogP contribution in [0.25, 0.3) is 0 Å². The number of hydrogen-bond acceptors (Lipinski definition) is 8. The second-order valence-corrected chi connectivity index (χ2v) is 8.86. The van der Waals surface area contributed by atoms with Gasteiger partial charge in [0, 0.05) is 22.0 Å². The van der Waals surface area contributed by atoms with Crippen LogP contribution in [0, 0.1) is 10.6 Å². The molecule has 9 nitrogen and oxygen atoms in total. The van der Waals surface area contributed by atoms with Crippen molar-refractivity contribution in [1.29, 1.82) is 4.78 Å². The van der Waals surface area contributed by atoms with Crippen LogP contribution >= 0.6 is 0 Å². The molecule has 2 aromatic rings. The lowest BCUT2D eigenvalue weighted by Gasteiger charge is -2.29. The molecule has 138 valence electrons. The van der Waals surface area contributed by atoms with Gasteiger partial charge in [0.1, 0.15) is 5.82 Å². The number of hydrogen-bond donors (Lipinski definition) is 4. The second kappa shape index (κ2) is 6.32. The first-order valence-electron chi connectivity index (χ1n) is 8.06. The molecule has 2 unspecified atom stereocenters. The number of aromatic nitrogens is 2. The molecule has 0 amide bonds. The van der Waals surface area contributed by atoms with E-state index in [-0.39, 0.29) is 34.5 Å². The summed E-state index contributed by atoms with van der Waals surface area (Å²) in [5.74, 6) is 0.332. The summed E-state index contributed by atoms with van der Waals surface area (Å²) in [6.45, 7) is 0.291. The molecule has 3 atom stereocenters. The van der Waals surface area contributed by atoms with Crippen molar-refractivity contribution in [3.8, 4) is 0 Å². The molecule has 4 N–H and O–H groups in total. The number of amidine groups is 1. The Morgan fingerprint density at radius 2 is 2.35 bits per heavy atom. The number of fused-ring (bicyclic) bond motifs is 1. The third-order valence-corrected chi connectivity index (χ3v) is 7.08. The van der Waals surface area contributed by atoms with E-state index in [2.05, 4.69) is 20.6 Å². The van der Waals surface area contributed by atoms with Gasteiger partial charge in [0.25, 0.3) is 0 Å². The Kier molecular flexibility index (Phi) is 4.11. The molecule has 0 radical (unpaired) electrons. The van der Waals surface area contributed by atoms with Gasteiger partial charge in [-0.15, -0.1) is 0 Å². The standard InChI is InChI=1S/C15H17FN6O3S/c16-9-2-1-8-5-12(11(8)6-9)19-15(20-23)13-14(22-25-21-13)18-7-10-3-4-26(10,17)24/h1-2,6,10,12,17,23H,3-5,7H2,(H,18,22)(H,19,20)/t10?,12-,26?/m0/s1. The molecule has 26 heavy (non-hydrogen) atoms. The molecular weight excluding hydrogens is 363 g/mol. The maximum atomic E-state index is 13.4. The van der Waals surface area contributed by atoms with Gasteiger partial charge in [-0.05, 0) is 46.4 Å². The zero-order valence-corrected chi connectivity index (χ0v) is 14.4. The molecule has 1 aliphatic heterocycles. The Bertz CT molecular complexity index is 974. The van der Waals surface area contributed by atoms with E-state index in [9.17, 15) is 13.8 Å². The first kappa shape index (κ1) is 16.9. The van der Waals surface area contributed by atoms with Gasteiger partial charge in [-0.3, -0.25) is 20.5 Å². The molecule has 0 saturated carbocycles. The molecule has 4 rings (SSSR count). The monoisotopic (exact) mass is 380 g/mol. The molecule has 11 heteroatoms. The Balaban J connectivity index is 1.52. The van der Waals surface area contributed by atoms with Gasteiger partial charge in [-0.25, -0.2) is 13.2 Å². The number of rotatable bonds is 5. The number of nitrogens with zero attached hydrogens (tertiary/aromatic N) is 3. The average molecular weight is 380 g/mol. The number of nitrogens with one attached hydrogen (secondary N) is 3. The van der Waals surface area contributed by atoms with Gasteiger partial charge in [-0.2, -0.15) is 0 Å². The number of benzene rings is 1. The van der Waals surface area contributed by atoms with Crippen molar-refractivity contribution in [1.82, 2.24) is 15.8 Å². The predicted octanol–water partition coefficient (Wildman–Crippen LogP) is 1.46. The summed E-state index contributed by atoms with van der Waals surface area (Å²) in [5, 5.41) is 19.6. The van der Waals surface area contributed by atoms with Crippen molar-refractivity contribution in [2.75, 3.05) is 17.6 Å². The van der Waals surface area contributed by atoms with Gasteiger partial charge in [0.15, 0.2) is 11.5 Å². The molecule has 1 aliphatic carbocycles. The molecule has 1 aromatic carbocycles. The van der Waals surface area contributed by atoms with Crippen molar-refractivity contribution < 1.29 is 18.4 Å². The Morgan fingerprint density at radius 1 is 1.50 bits per heavy atom. The van der Waals surface area contributed by atoms with Crippen molar-refractivity contribution >= 4 is 21.4 Å². The fraction of sp³-hybridized carbons (Fsp3) is 0.400. The minimum absolute atomic E-state index is 0.0360. The van der Waals surface area contributed by atoms with E-state index in [4.69, 9.17) is 9.41 Å². The predicted molar refractivity (Wildman–Crippen MR) is 91.2 cm³/mol. The van der Waals surface area contributed by atoms with E-state index in [0.717, 1.165) is 11.1 Å². The van der Waals surface area contributed by atoms with E-state index in [1.807, 2.05) is 5.48 Å². The Morgan fingerprint density at radius 3 is 3.04 bits per heavy atom. The summed E-state index contributed by atoms with van der Waals surface area (Å²) in [4.78, 5) is 4.37. The molecule has 1 aromatic heterocycles.